The molecule has 0 atom stereocenters. The fraction of sp³-hybridized carbons (Fsp3) is 0.476. The van der Waals surface area contributed by atoms with Crippen molar-refractivity contribution in [2.75, 3.05) is 0 Å². The number of hydrogen-bond acceptors (Lipinski definition) is 1. The average molecular weight is 295 g/mol. The number of rotatable bonds is 1. The molecule has 0 aliphatic heterocycles. The molecule has 0 bridgehead atoms. The number of aryl methyl sites for hydroxylation is 2. The Morgan fingerprint density at radius 3 is 1.73 bits per heavy atom. The first-order valence-electron chi connectivity index (χ1n) is 8.10. The molecular weight excluding hydrogens is 266 g/mol. The van der Waals surface area contributed by atoms with E-state index in [2.05, 4.69) is 85.7 Å². The fourth-order valence-electron chi connectivity index (χ4n) is 2.93. The van der Waals surface area contributed by atoms with Crippen molar-refractivity contribution in [2.24, 2.45) is 0 Å². The van der Waals surface area contributed by atoms with Crippen LogP contribution in [0.4, 0.5) is 0 Å². The Labute approximate surface area is 135 Å². The van der Waals surface area contributed by atoms with Crippen LogP contribution in [0.5, 0.6) is 0 Å². The molecule has 1 heterocycles. The Hall–Kier alpha value is -1.63. The monoisotopic (exact) mass is 295 g/mol. The van der Waals surface area contributed by atoms with Crippen LogP contribution in [0, 0.1) is 13.8 Å². The molecule has 0 unspecified atom stereocenters. The maximum atomic E-state index is 4.79. The molecular formula is C21H29N. The molecule has 0 fully saturated rings. The Morgan fingerprint density at radius 2 is 1.27 bits per heavy atom. The zero-order chi connectivity index (χ0) is 16.7. The van der Waals surface area contributed by atoms with Gasteiger partial charge in [-0.15, -0.1) is 0 Å². The van der Waals surface area contributed by atoms with Gasteiger partial charge in [0.25, 0.3) is 0 Å². The third-order valence-corrected chi connectivity index (χ3v) is 4.27. The normalized spacial score (nSPS) is 12.5. The van der Waals surface area contributed by atoms with Crippen LogP contribution in [-0.4, -0.2) is 4.98 Å². The van der Waals surface area contributed by atoms with Gasteiger partial charge in [-0.1, -0.05) is 65.8 Å². The summed E-state index contributed by atoms with van der Waals surface area (Å²) in [5.41, 5.74) is 7.74. The van der Waals surface area contributed by atoms with Crippen molar-refractivity contribution in [1.82, 2.24) is 4.98 Å². The summed E-state index contributed by atoms with van der Waals surface area (Å²) >= 11 is 0. The lowest BCUT2D eigenvalue weighted by atomic mass is 9.83. The third kappa shape index (κ3) is 3.40. The van der Waals surface area contributed by atoms with Gasteiger partial charge in [-0.25, -0.2) is 0 Å². The Bertz CT molecular complexity index is 665. The van der Waals surface area contributed by atoms with E-state index in [0.717, 1.165) is 11.4 Å². The SMILES string of the molecule is Cc1nc(C)c(C(C)(C)C)cc1-c1ccc(C(C)(C)C)cc1. The predicted molar refractivity (Wildman–Crippen MR) is 96.5 cm³/mol. The first-order valence-corrected chi connectivity index (χ1v) is 8.10. The minimum Gasteiger partial charge on any atom is -0.258 e. The first kappa shape index (κ1) is 16.7. The van der Waals surface area contributed by atoms with Crippen molar-refractivity contribution in [1.29, 1.82) is 0 Å². The lowest BCUT2D eigenvalue weighted by Crippen LogP contribution is -2.15. The van der Waals surface area contributed by atoms with Gasteiger partial charge in [0.05, 0.1) is 0 Å². The molecule has 2 aromatic rings. The van der Waals surface area contributed by atoms with E-state index in [1.165, 1.54) is 22.3 Å². The van der Waals surface area contributed by atoms with Gasteiger partial charge in [-0.3, -0.25) is 4.98 Å². The van der Waals surface area contributed by atoms with Crippen LogP contribution in [0.15, 0.2) is 30.3 Å². The number of pyridine rings is 1. The summed E-state index contributed by atoms with van der Waals surface area (Å²) in [6.07, 6.45) is 0. The van der Waals surface area contributed by atoms with Gasteiger partial charge in [0, 0.05) is 17.0 Å². The zero-order valence-electron chi connectivity index (χ0n) is 15.3. The second kappa shape index (κ2) is 5.53. The molecule has 1 nitrogen and oxygen atoms in total. The van der Waals surface area contributed by atoms with Gasteiger partial charge in [0.15, 0.2) is 0 Å². The summed E-state index contributed by atoms with van der Waals surface area (Å²) < 4.78 is 0. The van der Waals surface area contributed by atoms with Gasteiger partial charge in [-0.2, -0.15) is 0 Å². The topological polar surface area (TPSA) is 12.9 Å². The van der Waals surface area contributed by atoms with E-state index in [9.17, 15) is 0 Å². The Balaban J connectivity index is 2.53. The van der Waals surface area contributed by atoms with Gasteiger partial charge >= 0.3 is 0 Å². The molecule has 0 amide bonds. The fourth-order valence-corrected chi connectivity index (χ4v) is 2.93. The van der Waals surface area contributed by atoms with Gasteiger partial charge in [0.2, 0.25) is 0 Å². The van der Waals surface area contributed by atoms with Crippen LogP contribution in [0.2, 0.25) is 0 Å². The summed E-state index contributed by atoms with van der Waals surface area (Å²) in [5.74, 6) is 0. The molecule has 2 rings (SSSR count). The second-order valence-corrected chi connectivity index (χ2v) is 8.33. The molecule has 1 aromatic heterocycles. The van der Waals surface area contributed by atoms with E-state index in [-0.39, 0.29) is 10.8 Å². The number of benzene rings is 1. The highest BCUT2D eigenvalue weighted by Gasteiger charge is 2.20. The highest BCUT2D eigenvalue weighted by Crippen LogP contribution is 2.32. The van der Waals surface area contributed by atoms with E-state index >= 15 is 0 Å². The molecule has 0 spiro atoms. The van der Waals surface area contributed by atoms with Crippen molar-refractivity contribution in [3.63, 3.8) is 0 Å². The summed E-state index contributed by atoms with van der Waals surface area (Å²) in [5, 5.41) is 0. The van der Waals surface area contributed by atoms with Crippen LogP contribution in [-0.2, 0) is 10.8 Å². The molecule has 0 saturated heterocycles. The highest BCUT2D eigenvalue weighted by molar-refractivity contribution is 5.67. The number of hydrogen-bond donors (Lipinski definition) is 0. The molecule has 0 aliphatic carbocycles. The zero-order valence-corrected chi connectivity index (χ0v) is 15.3. The van der Waals surface area contributed by atoms with Crippen molar-refractivity contribution in [2.45, 2.75) is 66.2 Å². The van der Waals surface area contributed by atoms with Crippen molar-refractivity contribution >= 4 is 0 Å². The summed E-state index contributed by atoms with van der Waals surface area (Å²) in [6.45, 7) is 17.7. The van der Waals surface area contributed by atoms with Gasteiger partial charge < -0.3 is 0 Å². The Morgan fingerprint density at radius 1 is 0.727 bits per heavy atom. The maximum Gasteiger partial charge on any atom is 0.0454 e. The van der Waals surface area contributed by atoms with E-state index < -0.39 is 0 Å². The second-order valence-electron chi connectivity index (χ2n) is 8.33. The highest BCUT2D eigenvalue weighted by atomic mass is 14.7. The smallest absolute Gasteiger partial charge is 0.0454 e. The molecule has 118 valence electrons. The molecule has 0 N–H and O–H groups in total. The summed E-state index contributed by atoms with van der Waals surface area (Å²) in [7, 11) is 0. The third-order valence-electron chi connectivity index (χ3n) is 4.27. The number of aromatic nitrogens is 1. The largest absolute Gasteiger partial charge is 0.258 e. The average Bonchev–Trinajstić information content (AvgIpc) is 2.36. The first-order chi connectivity index (χ1) is 10.00. The molecule has 1 heteroatoms. The molecule has 22 heavy (non-hydrogen) atoms. The van der Waals surface area contributed by atoms with Gasteiger partial charge in [-0.05, 0) is 47.4 Å². The lowest BCUT2D eigenvalue weighted by Gasteiger charge is -2.23. The van der Waals surface area contributed by atoms with Crippen LogP contribution in [0.25, 0.3) is 11.1 Å². The standard InChI is InChI=1S/C21H29N/c1-14-18(13-19(15(2)22-14)21(6,7)8)16-9-11-17(12-10-16)20(3,4)5/h9-13H,1-8H3. The molecule has 0 radical (unpaired) electrons. The molecule has 1 aromatic carbocycles. The summed E-state index contributed by atoms with van der Waals surface area (Å²) in [6, 6.07) is 11.3. The van der Waals surface area contributed by atoms with Crippen LogP contribution in [0.1, 0.15) is 64.1 Å². The van der Waals surface area contributed by atoms with E-state index in [4.69, 9.17) is 4.98 Å². The van der Waals surface area contributed by atoms with Crippen molar-refractivity contribution in [3.8, 4) is 11.1 Å². The minimum atomic E-state index is 0.116. The molecule has 0 aliphatic rings. The minimum absolute atomic E-state index is 0.116. The predicted octanol–water partition coefficient (Wildman–Crippen LogP) is 5.96. The molecule has 0 saturated carbocycles. The van der Waals surface area contributed by atoms with Crippen LogP contribution < -0.4 is 0 Å². The quantitative estimate of drug-likeness (QED) is 0.632. The lowest BCUT2D eigenvalue weighted by molar-refractivity contribution is 0.582. The van der Waals surface area contributed by atoms with Crippen molar-refractivity contribution in [3.05, 3.63) is 52.8 Å². The van der Waals surface area contributed by atoms with E-state index in [1.54, 1.807) is 0 Å². The van der Waals surface area contributed by atoms with Crippen molar-refractivity contribution < 1.29 is 0 Å². The van der Waals surface area contributed by atoms with Gasteiger partial charge in [0.1, 0.15) is 0 Å². The summed E-state index contributed by atoms with van der Waals surface area (Å²) in [4.78, 5) is 4.79. The number of nitrogens with zero attached hydrogens (tertiary/aromatic N) is 1. The van der Waals surface area contributed by atoms with E-state index in [1.807, 2.05) is 0 Å². The van der Waals surface area contributed by atoms with Crippen LogP contribution in [0.3, 0.4) is 0 Å². The Kier molecular flexibility index (Phi) is 4.21. The van der Waals surface area contributed by atoms with E-state index in [0.29, 0.717) is 0 Å². The van der Waals surface area contributed by atoms with Crippen LogP contribution >= 0.6 is 0 Å². The maximum absolute atomic E-state index is 4.79.